The maximum Gasteiger partial charge on any atom is 0.223 e. The molecule has 3 saturated heterocycles. The number of rotatable bonds is 4. The summed E-state index contributed by atoms with van der Waals surface area (Å²) in [7, 11) is 0. The average Bonchev–Trinajstić information content (AvgIpc) is 2.67. The Balaban J connectivity index is 1.37. The molecule has 29 heavy (non-hydrogen) atoms. The highest BCUT2D eigenvalue weighted by Gasteiger charge is 2.49. The van der Waals surface area contributed by atoms with Crippen molar-refractivity contribution >= 4 is 17.6 Å². The number of nitrogens with one attached hydrogen (secondary N) is 1. The van der Waals surface area contributed by atoms with E-state index < -0.39 is 0 Å². The van der Waals surface area contributed by atoms with Gasteiger partial charge in [-0.2, -0.15) is 0 Å². The molecule has 1 N–H and O–H groups in total. The Morgan fingerprint density at radius 3 is 2.76 bits per heavy atom. The molecule has 4 heterocycles. The normalized spacial score (nSPS) is 31.8. The predicted molar refractivity (Wildman–Crippen MR) is 111 cm³/mol. The van der Waals surface area contributed by atoms with Crippen LogP contribution >= 0.6 is 0 Å². The van der Waals surface area contributed by atoms with Gasteiger partial charge < -0.3 is 15.1 Å². The van der Waals surface area contributed by atoms with Crippen molar-refractivity contribution in [1.29, 1.82) is 0 Å². The molecule has 1 saturated carbocycles. The molecule has 4 atom stereocenters. The van der Waals surface area contributed by atoms with Crippen LogP contribution in [0.15, 0.2) is 18.2 Å². The van der Waals surface area contributed by atoms with Crippen molar-refractivity contribution in [1.82, 2.24) is 15.2 Å². The molecule has 1 aliphatic carbocycles. The number of nitrogens with zero attached hydrogens (tertiary/aromatic N) is 3. The van der Waals surface area contributed by atoms with Crippen LogP contribution in [0.2, 0.25) is 0 Å². The molecule has 1 aromatic rings. The fraction of sp³-hybridized carbons (Fsp3) is 0.696. The van der Waals surface area contributed by atoms with Crippen LogP contribution in [0.25, 0.3) is 0 Å². The predicted octanol–water partition coefficient (Wildman–Crippen LogP) is 2.51. The van der Waals surface area contributed by atoms with Crippen LogP contribution in [0.1, 0.15) is 50.6 Å². The van der Waals surface area contributed by atoms with Gasteiger partial charge >= 0.3 is 0 Å². The minimum Gasteiger partial charge on any atom is -0.356 e. The van der Waals surface area contributed by atoms with Gasteiger partial charge in [0, 0.05) is 43.7 Å². The zero-order valence-electron chi connectivity index (χ0n) is 17.3. The first-order valence-corrected chi connectivity index (χ1v) is 11.4. The molecule has 1 aromatic heterocycles. The van der Waals surface area contributed by atoms with Crippen molar-refractivity contribution in [3.63, 3.8) is 0 Å². The van der Waals surface area contributed by atoms with Crippen LogP contribution in [0.5, 0.6) is 0 Å². The van der Waals surface area contributed by atoms with Gasteiger partial charge in [0.1, 0.15) is 5.82 Å². The van der Waals surface area contributed by atoms with Crippen molar-refractivity contribution < 1.29 is 9.59 Å². The third-order valence-electron chi connectivity index (χ3n) is 7.66. The summed E-state index contributed by atoms with van der Waals surface area (Å²) in [4.78, 5) is 34.7. The molecule has 6 nitrogen and oxygen atoms in total. The Hall–Kier alpha value is -2.11. The number of hydrogen-bond donors (Lipinski definition) is 1. The largest absolute Gasteiger partial charge is 0.356 e. The van der Waals surface area contributed by atoms with E-state index in [1.807, 2.05) is 13.0 Å². The van der Waals surface area contributed by atoms with Crippen molar-refractivity contribution in [2.45, 2.75) is 64.0 Å². The van der Waals surface area contributed by atoms with E-state index in [2.05, 4.69) is 27.2 Å². The first kappa shape index (κ1) is 18.9. The lowest BCUT2D eigenvalue weighted by atomic mass is 9.72. The van der Waals surface area contributed by atoms with Gasteiger partial charge in [-0.3, -0.25) is 9.59 Å². The molecule has 0 spiro atoms. The van der Waals surface area contributed by atoms with Crippen LogP contribution < -0.4 is 10.2 Å². The van der Waals surface area contributed by atoms with Crippen LogP contribution in [-0.4, -0.2) is 53.4 Å². The fourth-order valence-corrected chi connectivity index (χ4v) is 5.95. The van der Waals surface area contributed by atoms with E-state index in [1.54, 1.807) is 0 Å². The Labute approximate surface area is 173 Å². The summed E-state index contributed by atoms with van der Waals surface area (Å²) in [5, 5.41) is 3.21. The van der Waals surface area contributed by atoms with Crippen molar-refractivity contribution in [3.05, 3.63) is 23.9 Å². The summed E-state index contributed by atoms with van der Waals surface area (Å²) in [6, 6.07) is 6.64. The minimum atomic E-state index is 0.112. The topological polar surface area (TPSA) is 65.5 Å². The second kappa shape index (κ2) is 7.62. The van der Waals surface area contributed by atoms with Crippen LogP contribution in [-0.2, 0) is 9.59 Å². The first-order valence-electron chi connectivity index (χ1n) is 11.4. The van der Waals surface area contributed by atoms with Crippen LogP contribution in [0.4, 0.5) is 5.82 Å². The van der Waals surface area contributed by atoms with Gasteiger partial charge in [-0.05, 0) is 63.0 Å². The summed E-state index contributed by atoms with van der Waals surface area (Å²) in [5.74, 6) is 2.61. The van der Waals surface area contributed by atoms with E-state index in [0.29, 0.717) is 36.8 Å². The Bertz CT molecular complexity index is 793. The second-order valence-corrected chi connectivity index (χ2v) is 9.50. The highest BCUT2D eigenvalue weighted by molar-refractivity contribution is 5.80. The maximum atomic E-state index is 12.9. The number of aromatic nitrogens is 1. The Morgan fingerprint density at radius 2 is 2.00 bits per heavy atom. The molecular formula is C23H32N4O2. The molecule has 0 radical (unpaired) electrons. The highest BCUT2D eigenvalue weighted by atomic mass is 16.2. The van der Waals surface area contributed by atoms with Gasteiger partial charge in [0.15, 0.2) is 0 Å². The average molecular weight is 397 g/mol. The van der Waals surface area contributed by atoms with Crippen molar-refractivity contribution in [3.8, 4) is 0 Å². The SMILES string of the molecule is Cc1cccc(N2C[C@H]3C[C@@H](C2)[C@H](CNC(=O)C2CCC2)N2C(=O)CCC[C@@H]32)n1. The third kappa shape index (κ3) is 3.51. The fourth-order valence-electron chi connectivity index (χ4n) is 5.95. The van der Waals surface area contributed by atoms with E-state index in [4.69, 9.17) is 4.98 Å². The van der Waals surface area contributed by atoms with Gasteiger partial charge in [0.2, 0.25) is 11.8 Å². The summed E-state index contributed by atoms with van der Waals surface area (Å²) in [6.07, 6.45) is 7.08. The van der Waals surface area contributed by atoms with E-state index in [9.17, 15) is 9.59 Å². The smallest absolute Gasteiger partial charge is 0.223 e. The van der Waals surface area contributed by atoms with Gasteiger partial charge in [0.05, 0.1) is 6.04 Å². The zero-order chi connectivity index (χ0) is 20.0. The number of carbonyl (C=O) groups is 2. The molecule has 4 fully saturated rings. The van der Waals surface area contributed by atoms with Gasteiger partial charge in [-0.1, -0.05) is 12.5 Å². The van der Waals surface area contributed by atoms with E-state index in [0.717, 1.165) is 63.1 Å². The molecule has 2 bridgehead atoms. The van der Waals surface area contributed by atoms with E-state index in [1.165, 1.54) is 0 Å². The summed E-state index contributed by atoms with van der Waals surface area (Å²) < 4.78 is 0. The van der Waals surface area contributed by atoms with Crippen LogP contribution in [0, 0.1) is 24.7 Å². The molecule has 3 aliphatic heterocycles. The lowest BCUT2D eigenvalue weighted by Gasteiger charge is -2.56. The van der Waals surface area contributed by atoms with E-state index in [-0.39, 0.29) is 17.9 Å². The number of aryl methyl sites for hydroxylation is 1. The van der Waals surface area contributed by atoms with Crippen molar-refractivity contribution in [2.24, 2.45) is 17.8 Å². The number of piperidine rings is 3. The molecule has 5 rings (SSSR count). The molecule has 6 heteroatoms. The molecular weight excluding hydrogens is 364 g/mol. The molecule has 4 aliphatic rings. The number of fused-ring (bicyclic) bond motifs is 4. The summed E-state index contributed by atoms with van der Waals surface area (Å²) >= 11 is 0. The number of amides is 2. The number of carbonyl (C=O) groups excluding carboxylic acids is 2. The monoisotopic (exact) mass is 396 g/mol. The molecule has 0 aromatic carbocycles. The highest BCUT2D eigenvalue weighted by Crippen LogP contribution is 2.42. The van der Waals surface area contributed by atoms with Crippen LogP contribution in [0.3, 0.4) is 0 Å². The zero-order valence-corrected chi connectivity index (χ0v) is 17.3. The number of pyridine rings is 1. The molecule has 0 unspecified atom stereocenters. The number of hydrogen-bond acceptors (Lipinski definition) is 4. The lowest BCUT2D eigenvalue weighted by molar-refractivity contribution is -0.149. The standard InChI is InChI=1S/C23H32N4O2/c1-15-5-2-9-21(25-15)26-13-17-11-18(14-26)20(12-24-23(29)16-6-3-7-16)27-19(17)8-4-10-22(27)28/h2,5,9,16-20H,3-4,6-8,10-14H2,1H3,(H,24,29)/t17-,18+,19+,20+/m1/s1. The Kier molecular flexibility index (Phi) is 4.96. The van der Waals surface area contributed by atoms with Gasteiger partial charge in [-0.15, -0.1) is 0 Å². The number of anilines is 1. The van der Waals surface area contributed by atoms with E-state index >= 15 is 0 Å². The summed E-state index contributed by atoms with van der Waals surface area (Å²) in [5.41, 5.74) is 1.04. The first-order chi connectivity index (χ1) is 14.1. The minimum absolute atomic E-state index is 0.112. The van der Waals surface area contributed by atoms with Gasteiger partial charge in [0.25, 0.3) is 0 Å². The lowest BCUT2D eigenvalue weighted by Crippen LogP contribution is -2.67. The quantitative estimate of drug-likeness (QED) is 0.849. The second-order valence-electron chi connectivity index (χ2n) is 9.50. The third-order valence-corrected chi connectivity index (χ3v) is 7.66. The van der Waals surface area contributed by atoms with Crippen molar-refractivity contribution in [2.75, 3.05) is 24.5 Å². The maximum absolute atomic E-state index is 12.9. The van der Waals surface area contributed by atoms with Gasteiger partial charge in [-0.25, -0.2) is 4.98 Å². The molecule has 2 amide bonds. The summed E-state index contributed by atoms with van der Waals surface area (Å²) in [6.45, 7) is 4.52. The Morgan fingerprint density at radius 1 is 1.17 bits per heavy atom. The molecule has 156 valence electrons.